The van der Waals surface area contributed by atoms with Gasteiger partial charge in [0, 0.05) is 23.6 Å². The minimum absolute atomic E-state index is 0.179. The molecule has 1 aromatic heterocycles. The molecule has 1 aromatic carbocycles. The maximum Gasteiger partial charge on any atom is 0.249 e. The summed E-state index contributed by atoms with van der Waals surface area (Å²) in [6, 6.07) is 9.71. The molecule has 2 aromatic rings. The first kappa shape index (κ1) is 14.3. The molecule has 2 rings (SSSR count). The number of rotatable bonds is 4. The molecule has 0 aliphatic rings. The van der Waals surface area contributed by atoms with Crippen molar-refractivity contribution in [2.75, 3.05) is 5.32 Å². The van der Waals surface area contributed by atoms with Gasteiger partial charge in [-0.1, -0.05) is 0 Å². The van der Waals surface area contributed by atoms with Gasteiger partial charge in [0.2, 0.25) is 5.91 Å². The van der Waals surface area contributed by atoms with E-state index < -0.39 is 23.4 Å². The number of halogens is 1. The molecule has 1 heterocycles. The van der Waals surface area contributed by atoms with E-state index in [2.05, 4.69) is 10.3 Å². The van der Waals surface area contributed by atoms with Crippen LogP contribution in [0.25, 0.3) is 0 Å². The van der Waals surface area contributed by atoms with E-state index in [9.17, 15) is 14.0 Å². The van der Waals surface area contributed by atoms with Crippen molar-refractivity contribution < 1.29 is 14.0 Å². The molecule has 1 unspecified atom stereocenters. The van der Waals surface area contributed by atoms with Gasteiger partial charge >= 0.3 is 0 Å². The van der Waals surface area contributed by atoms with Gasteiger partial charge in [-0.15, -0.1) is 0 Å². The van der Waals surface area contributed by atoms with Gasteiger partial charge in [-0.25, -0.2) is 4.39 Å². The zero-order chi connectivity index (χ0) is 15.2. The molecule has 1 N–H and O–H groups in total. The highest BCUT2D eigenvalue weighted by atomic mass is 19.1. The molecule has 0 bridgehead atoms. The zero-order valence-corrected chi connectivity index (χ0v) is 10.8. The van der Waals surface area contributed by atoms with Gasteiger partial charge in [0.25, 0.3) is 0 Å². The predicted molar refractivity (Wildman–Crippen MR) is 72.7 cm³/mol. The molecular formula is C15H10FN3O2. The maximum absolute atomic E-state index is 12.8. The molecule has 0 fully saturated rings. The Labute approximate surface area is 120 Å². The normalized spacial score (nSPS) is 11.2. The summed E-state index contributed by atoms with van der Waals surface area (Å²) in [5, 5.41) is 11.4. The second kappa shape index (κ2) is 6.39. The molecule has 1 atom stereocenters. The van der Waals surface area contributed by atoms with Crippen molar-refractivity contribution in [1.82, 2.24) is 4.98 Å². The smallest absolute Gasteiger partial charge is 0.249 e. The molecule has 0 saturated heterocycles. The lowest BCUT2D eigenvalue weighted by Gasteiger charge is -2.09. The number of nitrogens with one attached hydrogen (secondary N) is 1. The van der Waals surface area contributed by atoms with Crippen LogP contribution >= 0.6 is 0 Å². The monoisotopic (exact) mass is 283 g/mol. The number of carbonyl (C=O) groups excluding carboxylic acids is 2. The minimum Gasteiger partial charge on any atom is -0.325 e. The number of carbonyl (C=O) groups is 2. The number of anilines is 1. The number of hydrogen-bond donors (Lipinski definition) is 1. The summed E-state index contributed by atoms with van der Waals surface area (Å²) in [4.78, 5) is 27.8. The van der Waals surface area contributed by atoms with E-state index in [0.29, 0.717) is 5.69 Å². The molecule has 5 nitrogen and oxygen atoms in total. The van der Waals surface area contributed by atoms with Gasteiger partial charge in [0.1, 0.15) is 5.82 Å². The fourth-order valence-corrected chi connectivity index (χ4v) is 1.66. The molecule has 104 valence electrons. The van der Waals surface area contributed by atoms with Crippen LogP contribution in [0.1, 0.15) is 10.4 Å². The Morgan fingerprint density at radius 3 is 2.52 bits per heavy atom. The van der Waals surface area contributed by atoms with E-state index in [-0.39, 0.29) is 5.56 Å². The van der Waals surface area contributed by atoms with Gasteiger partial charge in [-0.2, -0.15) is 5.26 Å². The Hall–Kier alpha value is -3.07. The van der Waals surface area contributed by atoms with E-state index in [0.717, 1.165) is 0 Å². The second-order valence-corrected chi connectivity index (χ2v) is 4.16. The Kier molecular flexibility index (Phi) is 4.36. The first-order valence-corrected chi connectivity index (χ1v) is 6.02. The number of Topliss-reactive ketones (excluding diaryl/α,β-unsaturated/α-hetero) is 1. The fraction of sp³-hybridized carbons (Fsp3) is 0.0667. The number of nitriles is 1. The van der Waals surface area contributed by atoms with Crippen LogP contribution in [0.5, 0.6) is 0 Å². The number of ketones is 1. The van der Waals surface area contributed by atoms with Crippen LogP contribution in [-0.4, -0.2) is 16.7 Å². The number of amides is 1. The van der Waals surface area contributed by atoms with E-state index >= 15 is 0 Å². The molecule has 0 aliphatic heterocycles. The van der Waals surface area contributed by atoms with Crippen LogP contribution in [0.2, 0.25) is 0 Å². The van der Waals surface area contributed by atoms with Crippen LogP contribution in [-0.2, 0) is 4.79 Å². The largest absolute Gasteiger partial charge is 0.325 e. The lowest BCUT2D eigenvalue weighted by molar-refractivity contribution is -0.117. The van der Waals surface area contributed by atoms with Gasteiger partial charge in [0.15, 0.2) is 11.7 Å². The van der Waals surface area contributed by atoms with Gasteiger partial charge in [-0.05, 0) is 36.4 Å². The number of nitrogens with zero attached hydrogens (tertiary/aromatic N) is 2. The molecule has 0 radical (unpaired) electrons. The zero-order valence-electron chi connectivity index (χ0n) is 10.8. The topological polar surface area (TPSA) is 82.9 Å². The van der Waals surface area contributed by atoms with Crippen molar-refractivity contribution in [3.8, 4) is 6.07 Å². The summed E-state index contributed by atoms with van der Waals surface area (Å²) in [6.07, 6.45) is 2.77. The highest BCUT2D eigenvalue weighted by Gasteiger charge is 2.27. The van der Waals surface area contributed by atoms with Crippen molar-refractivity contribution in [1.29, 1.82) is 5.26 Å². The molecule has 21 heavy (non-hydrogen) atoms. The third-order valence-corrected chi connectivity index (χ3v) is 2.71. The lowest BCUT2D eigenvalue weighted by Crippen LogP contribution is -2.28. The van der Waals surface area contributed by atoms with Crippen LogP contribution in [0.3, 0.4) is 0 Å². The van der Waals surface area contributed by atoms with Gasteiger partial charge in [-0.3, -0.25) is 14.6 Å². The van der Waals surface area contributed by atoms with E-state index in [1.165, 1.54) is 42.7 Å². The van der Waals surface area contributed by atoms with Crippen LogP contribution in [0, 0.1) is 23.1 Å². The third-order valence-electron chi connectivity index (χ3n) is 2.71. The van der Waals surface area contributed by atoms with Crippen molar-refractivity contribution in [3.05, 3.63) is 60.2 Å². The Morgan fingerprint density at radius 1 is 1.24 bits per heavy atom. The van der Waals surface area contributed by atoms with Gasteiger partial charge in [0.05, 0.1) is 6.07 Å². The minimum atomic E-state index is -1.49. The first-order valence-electron chi connectivity index (χ1n) is 6.02. The third kappa shape index (κ3) is 3.48. The average molecular weight is 283 g/mol. The highest BCUT2D eigenvalue weighted by molar-refractivity contribution is 6.15. The quantitative estimate of drug-likeness (QED) is 0.688. The molecular weight excluding hydrogens is 273 g/mol. The van der Waals surface area contributed by atoms with Crippen molar-refractivity contribution in [2.45, 2.75) is 0 Å². The van der Waals surface area contributed by atoms with Crippen LogP contribution < -0.4 is 5.32 Å². The molecule has 6 heteroatoms. The Morgan fingerprint density at radius 2 is 1.95 bits per heavy atom. The predicted octanol–water partition coefficient (Wildman–Crippen LogP) is 2.18. The summed E-state index contributed by atoms with van der Waals surface area (Å²) in [5.74, 6) is -3.33. The molecule has 0 saturated carbocycles. The maximum atomic E-state index is 12.8. The van der Waals surface area contributed by atoms with E-state index in [1.807, 2.05) is 0 Å². The number of aromatic nitrogens is 1. The van der Waals surface area contributed by atoms with Crippen molar-refractivity contribution in [3.63, 3.8) is 0 Å². The van der Waals surface area contributed by atoms with Crippen LogP contribution in [0.15, 0.2) is 48.8 Å². The van der Waals surface area contributed by atoms with E-state index in [1.54, 1.807) is 12.1 Å². The highest BCUT2D eigenvalue weighted by Crippen LogP contribution is 2.13. The molecule has 1 amide bonds. The number of pyridine rings is 1. The summed E-state index contributed by atoms with van der Waals surface area (Å²) >= 11 is 0. The second-order valence-electron chi connectivity index (χ2n) is 4.16. The summed E-state index contributed by atoms with van der Waals surface area (Å²) in [7, 11) is 0. The van der Waals surface area contributed by atoms with Gasteiger partial charge < -0.3 is 5.32 Å². The standard InChI is InChI=1S/C15H10FN3O2/c16-11-3-5-12(6-4-11)19-15(21)13(8-17)14(20)10-2-1-7-18-9-10/h1-7,9,13H,(H,19,21). The lowest BCUT2D eigenvalue weighted by atomic mass is 9.99. The first-order chi connectivity index (χ1) is 10.1. The Balaban J connectivity index is 2.14. The van der Waals surface area contributed by atoms with E-state index in [4.69, 9.17) is 5.26 Å². The average Bonchev–Trinajstić information content (AvgIpc) is 2.51. The molecule has 0 aliphatic carbocycles. The number of benzene rings is 1. The Bertz CT molecular complexity index is 693. The summed E-state index contributed by atoms with van der Waals surface area (Å²) in [6.45, 7) is 0. The van der Waals surface area contributed by atoms with Crippen molar-refractivity contribution >= 4 is 17.4 Å². The molecule has 0 spiro atoms. The van der Waals surface area contributed by atoms with Crippen molar-refractivity contribution in [2.24, 2.45) is 5.92 Å². The SMILES string of the molecule is N#CC(C(=O)Nc1ccc(F)cc1)C(=O)c1cccnc1. The van der Waals surface area contributed by atoms with Crippen LogP contribution in [0.4, 0.5) is 10.1 Å². The summed E-state index contributed by atoms with van der Waals surface area (Å²) in [5.41, 5.74) is 0.485. The number of hydrogen-bond acceptors (Lipinski definition) is 4. The fourth-order valence-electron chi connectivity index (χ4n) is 1.66. The summed E-state index contributed by atoms with van der Waals surface area (Å²) < 4.78 is 12.8.